The third-order valence-corrected chi connectivity index (χ3v) is 5.58. The van der Waals surface area contributed by atoms with Gasteiger partial charge in [-0.05, 0) is 65.1 Å². The van der Waals surface area contributed by atoms with E-state index < -0.39 is 11.4 Å². The minimum absolute atomic E-state index is 0.000625. The van der Waals surface area contributed by atoms with Crippen LogP contribution < -0.4 is 20.9 Å². The van der Waals surface area contributed by atoms with Gasteiger partial charge in [-0.2, -0.15) is 0 Å². The van der Waals surface area contributed by atoms with Crippen molar-refractivity contribution in [2.75, 3.05) is 20.7 Å². The highest BCUT2D eigenvalue weighted by atomic mass is 16.5. The van der Waals surface area contributed by atoms with Crippen molar-refractivity contribution in [1.82, 2.24) is 14.6 Å². The fourth-order valence-electron chi connectivity index (χ4n) is 3.59. The molecule has 3 aromatic carbocycles. The zero-order chi connectivity index (χ0) is 25.7. The second-order valence-electron chi connectivity index (χ2n) is 8.53. The van der Waals surface area contributed by atoms with Crippen molar-refractivity contribution in [1.29, 1.82) is 0 Å². The first kappa shape index (κ1) is 24.6. The quantitative estimate of drug-likeness (QED) is 0.387. The number of hydrogen-bond acceptors (Lipinski definition) is 6. The molecule has 0 atom stereocenters. The number of ether oxygens (including phenoxy) is 2. The lowest BCUT2D eigenvalue weighted by Gasteiger charge is -2.13. The van der Waals surface area contributed by atoms with Gasteiger partial charge >= 0.3 is 11.4 Å². The normalized spacial score (nSPS) is 10.8. The maximum Gasteiger partial charge on any atom is 0.440 e. The summed E-state index contributed by atoms with van der Waals surface area (Å²) >= 11 is 0. The summed E-state index contributed by atoms with van der Waals surface area (Å²) in [5.74, 6) is 0.455. The van der Waals surface area contributed by atoms with Gasteiger partial charge in [-0.3, -0.25) is 4.79 Å². The number of amides is 1. The van der Waals surface area contributed by atoms with E-state index in [1.807, 2.05) is 55.5 Å². The van der Waals surface area contributed by atoms with Crippen LogP contribution in [0.2, 0.25) is 0 Å². The first-order valence-electron chi connectivity index (χ1n) is 11.3. The standard InChI is InChI=1S/C27H27N3O6/c1-18-13-23(35-17-25(31)29(2)3)11-12-24(18)21-6-4-5-20(14-21)16-34-22-9-7-19(8-10-22)15-30-26(32)28-27(33)36-30/h4-14H,15-17H2,1-3H3,(H,28,32,33). The number of nitrogens with zero attached hydrogens (tertiary/aromatic N) is 2. The molecule has 0 aliphatic heterocycles. The molecule has 0 saturated heterocycles. The smallest absolute Gasteiger partial charge is 0.440 e. The van der Waals surface area contributed by atoms with E-state index in [4.69, 9.17) is 14.0 Å². The van der Waals surface area contributed by atoms with E-state index in [2.05, 4.69) is 11.1 Å². The maximum atomic E-state index is 11.8. The highest BCUT2D eigenvalue weighted by Gasteiger charge is 2.09. The van der Waals surface area contributed by atoms with Gasteiger partial charge in [-0.15, -0.1) is 4.74 Å². The Labute approximate surface area is 207 Å². The Morgan fingerprint density at radius 1 is 0.944 bits per heavy atom. The molecule has 0 aliphatic rings. The number of hydrogen-bond donors (Lipinski definition) is 1. The van der Waals surface area contributed by atoms with Gasteiger partial charge in [0.05, 0.1) is 6.54 Å². The maximum absolute atomic E-state index is 11.8. The monoisotopic (exact) mass is 489 g/mol. The van der Waals surface area contributed by atoms with Crippen LogP contribution >= 0.6 is 0 Å². The van der Waals surface area contributed by atoms with E-state index in [1.54, 1.807) is 26.2 Å². The molecule has 9 heteroatoms. The molecule has 0 bridgehead atoms. The zero-order valence-electron chi connectivity index (χ0n) is 20.3. The number of likely N-dealkylation sites (N-methyl/N-ethyl adjacent to an activating group) is 1. The van der Waals surface area contributed by atoms with E-state index in [0.717, 1.165) is 32.6 Å². The Hall–Kier alpha value is -4.53. The number of aromatic amines is 1. The number of carbonyl (C=O) groups is 1. The van der Waals surface area contributed by atoms with Crippen LogP contribution in [0, 0.1) is 6.92 Å². The first-order chi connectivity index (χ1) is 17.3. The number of rotatable bonds is 9. The predicted molar refractivity (Wildman–Crippen MR) is 134 cm³/mol. The molecule has 1 heterocycles. The Kier molecular flexibility index (Phi) is 7.39. The van der Waals surface area contributed by atoms with E-state index in [1.165, 1.54) is 4.90 Å². The van der Waals surface area contributed by atoms with Gasteiger partial charge in [0.1, 0.15) is 18.1 Å². The third kappa shape index (κ3) is 6.12. The molecule has 4 aromatic rings. The van der Waals surface area contributed by atoms with Crippen LogP contribution in [-0.4, -0.2) is 41.2 Å². The number of aryl methyl sites for hydroxylation is 1. The van der Waals surface area contributed by atoms with Gasteiger partial charge in [0, 0.05) is 14.1 Å². The first-order valence-corrected chi connectivity index (χ1v) is 11.3. The van der Waals surface area contributed by atoms with Crippen LogP contribution in [0.5, 0.6) is 11.5 Å². The molecule has 4 rings (SSSR count). The second-order valence-corrected chi connectivity index (χ2v) is 8.53. The minimum atomic E-state index is -0.779. The van der Waals surface area contributed by atoms with Crippen molar-refractivity contribution in [2.45, 2.75) is 20.1 Å². The van der Waals surface area contributed by atoms with Crippen LogP contribution in [0.4, 0.5) is 0 Å². The fourth-order valence-corrected chi connectivity index (χ4v) is 3.59. The van der Waals surface area contributed by atoms with Crippen molar-refractivity contribution in [3.63, 3.8) is 0 Å². The van der Waals surface area contributed by atoms with E-state index in [-0.39, 0.29) is 19.1 Å². The van der Waals surface area contributed by atoms with E-state index >= 15 is 0 Å². The van der Waals surface area contributed by atoms with Crippen LogP contribution in [0.3, 0.4) is 0 Å². The molecule has 186 valence electrons. The molecular formula is C27H27N3O6. The Morgan fingerprint density at radius 3 is 2.36 bits per heavy atom. The minimum Gasteiger partial charge on any atom is -0.489 e. The van der Waals surface area contributed by atoms with Crippen molar-refractivity contribution < 1.29 is 18.8 Å². The lowest BCUT2D eigenvalue weighted by molar-refractivity contribution is -0.130. The number of carbonyl (C=O) groups excluding carboxylic acids is 1. The molecule has 0 fully saturated rings. The van der Waals surface area contributed by atoms with Gasteiger partial charge in [-0.1, -0.05) is 36.4 Å². The fraction of sp³-hybridized carbons (Fsp3) is 0.222. The summed E-state index contributed by atoms with van der Waals surface area (Å²) in [4.78, 5) is 38.0. The van der Waals surface area contributed by atoms with Crippen molar-refractivity contribution in [3.05, 3.63) is 104 Å². The Bertz CT molecular complexity index is 1460. The van der Waals surface area contributed by atoms with E-state index in [0.29, 0.717) is 18.1 Å². The third-order valence-electron chi connectivity index (χ3n) is 5.58. The summed E-state index contributed by atoms with van der Waals surface area (Å²) < 4.78 is 17.3. The SMILES string of the molecule is Cc1cc(OCC(=O)N(C)C)ccc1-c1cccc(COc2ccc(Cn3oc(=O)[nH]c3=O)cc2)c1. The van der Waals surface area contributed by atoms with Crippen molar-refractivity contribution in [3.8, 4) is 22.6 Å². The Morgan fingerprint density at radius 2 is 1.69 bits per heavy atom. The lowest BCUT2D eigenvalue weighted by Crippen LogP contribution is -2.27. The summed E-state index contributed by atoms with van der Waals surface area (Å²) in [6.45, 7) is 2.54. The van der Waals surface area contributed by atoms with Crippen LogP contribution in [-0.2, 0) is 17.9 Å². The number of nitrogens with one attached hydrogen (secondary N) is 1. The number of benzene rings is 3. The van der Waals surface area contributed by atoms with Gasteiger partial charge in [0.15, 0.2) is 6.61 Å². The predicted octanol–water partition coefficient (Wildman–Crippen LogP) is 3.20. The van der Waals surface area contributed by atoms with Crippen molar-refractivity contribution >= 4 is 5.91 Å². The zero-order valence-corrected chi connectivity index (χ0v) is 20.3. The van der Waals surface area contributed by atoms with Crippen molar-refractivity contribution in [2.24, 2.45) is 0 Å². The summed E-state index contributed by atoms with van der Waals surface area (Å²) in [5.41, 5.74) is 4.38. The average molecular weight is 490 g/mol. The molecule has 0 saturated carbocycles. The van der Waals surface area contributed by atoms with E-state index in [9.17, 15) is 14.4 Å². The molecule has 1 amide bonds. The van der Waals surface area contributed by atoms with Gasteiger partial charge < -0.3 is 18.9 Å². The molecule has 9 nitrogen and oxygen atoms in total. The summed E-state index contributed by atoms with van der Waals surface area (Å²) in [6, 6.07) is 21.1. The van der Waals surface area contributed by atoms with Crippen LogP contribution in [0.25, 0.3) is 11.1 Å². The Balaban J connectivity index is 1.38. The van der Waals surface area contributed by atoms with Crippen LogP contribution in [0.15, 0.2) is 80.8 Å². The highest BCUT2D eigenvalue weighted by molar-refractivity contribution is 5.77. The van der Waals surface area contributed by atoms with Gasteiger partial charge in [0.25, 0.3) is 5.91 Å². The topological polar surface area (TPSA) is 107 Å². The number of aromatic nitrogens is 2. The molecule has 0 aliphatic carbocycles. The molecule has 0 radical (unpaired) electrons. The molecular weight excluding hydrogens is 462 g/mol. The largest absolute Gasteiger partial charge is 0.489 e. The van der Waals surface area contributed by atoms with Crippen LogP contribution in [0.1, 0.15) is 16.7 Å². The molecule has 0 unspecified atom stereocenters. The summed E-state index contributed by atoms with van der Waals surface area (Å²) in [7, 11) is 3.39. The molecule has 0 spiro atoms. The second kappa shape index (κ2) is 10.8. The summed E-state index contributed by atoms with van der Waals surface area (Å²) in [5, 5.41) is 0. The average Bonchev–Trinajstić information content (AvgIpc) is 3.18. The highest BCUT2D eigenvalue weighted by Crippen LogP contribution is 2.28. The lowest BCUT2D eigenvalue weighted by atomic mass is 9.99. The molecule has 1 N–H and O–H groups in total. The molecule has 1 aromatic heterocycles. The summed E-state index contributed by atoms with van der Waals surface area (Å²) in [6.07, 6.45) is 0. The molecule has 36 heavy (non-hydrogen) atoms. The van der Waals surface area contributed by atoms with Gasteiger partial charge in [0.2, 0.25) is 0 Å². The number of H-pyrrole nitrogens is 1. The van der Waals surface area contributed by atoms with Gasteiger partial charge in [-0.25, -0.2) is 14.6 Å².